The molecule has 1 heterocycles. The van der Waals surface area contributed by atoms with Gasteiger partial charge in [0.25, 0.3) is 0 Å². The molecular formula is C11H12F3N3O2. The van der Waals surface area contributed by atoms with Crippen LogP contribution in [-0.4, -0.2) is 26.6 Å². The van der Waals surface area contributed by atoms with Gasteiger partial charge in [-0.05, 0) is 25.3 Å². The molecule has 1 saturated carbocycles. The molecule has 0 atom stereocenters. The average molecular weight is 275 g/mol. The standard InChI is InChI=1S/C11H12F3N3O2/c12-11(13,14)7-2-5-15-9(16-7)17-10(3-1-4-10)6-8(18)19/h2,5H,1,3-4,6H2,(H,18,19)(H,15,16,17). The third kappa shape index (κ3) is 3.12. The summed E-state index contributed by atoms with van der Waals surface area (Å²) in [5, 5.41) is 11.5. The Bertz CT molecular complexity index is 486. The number of carbonyl (C=O) groups is 1. The van der Waals surface area contributed by atoms with Gasteiger partial charge in [-0.25, -0.2) is 9.97 Å². The first kappa shape index (κ1) is 13.6. The molecule has 8 heteroatoms. The van der Waals surface area contributed by atoms with Gasteiger partial charge in [0.15, 0.2) is 0 Å². The number of halogens is 3. The number of nitrogens with zero attached hydrogens (tertiary/aromatic N) is 2. The fraction of sp³-hybridized carbons (Fsp3) is 0.545. The molecule has 0 radical (unpaired) electrons. The van der Waals surface area contributed by atoms with Gasteiger partial charge < -0.3 is 10.4 Å². The smallest absolute Gasteiger partial charge is 0.433 e. The minimum absolute atomic E-state index is 0.160. The minimum Gasteiger partial charge on any atom is -0.481 e. The first-order chi connectivity index (χ1) is 8.81. The summed E-state index contributed by atoms with van der Waals surface area (Å²) in [4.78, 5) is 17.9. The summed E-state index contributed by atoms with van der Waals surface area (Å²) in [6.07, 6.45) is -1.70. The van der Waals surface area contributed by atoms with E-state index < -0.39 is 23.4 Å². The van der Waals surface area contributed by atoms with E-state index in [1.807, 2.05) is 0 Å². The molecule has 1 fully saturated rings. The zero-order valence-electron chi connectivity index (χ0n) is 9.87. The molecule has 1 aliphatic carbocycles. The second-order valence-electron chi connectivity index (χ2n) is 4.59. The summed E-state index contributed by atoms with van der Waals surface area (Å²) >= 11 is 0. The summed E-state index contributed by atoms with van der Waals surface area (Å²) < 4.78 is 37.5. The van der Waals surface area contributed by atoms with Crippen molar-refractivity contribution in [1.82, 2.24) is 9.97 Å². The number of carboxylic acid groups (broad SMARTS) is 1. The van der Waals surface area contributed by atoms with Crippen LogP contribution in [-0.2, 0) is 11.0 Å². The van der Waals surface area contributed by atoms with E-state index in [-0.39, 0.29) is 12.4 Å². The van der Waals surface area contributed by atoms with Crippen LogP contribution in [0.1, 0.15) is 31.4 Å². The monoisotopic (exact) mass is 275 g/mol. The first-order valence-electron chi connectivity index (χ1n) is 5.71. The van der Waals surface area contributed by atoms with E-state index in [9.17, 15) is 18.0 Å². The number of hydrogen-bond donors (Lipinski definition) is 2. The zero-order valence-corrected chi connectivity index (χ0v) is 9.87. The highest BCUT2D eigenvalue weighted by molar-refractivity contribution is 5.69. The molecule has 1 aliphatic rings. The van der Waals surface area contributed by atoms with Crippen LogP contribution in [0.3, 0.4) is 0 Å². The molecule has 5 nitrogen and oxygen atoms in total. The molecule has 0 spiro atoms. The Balaban J connectivity index is 2.16. The number of aliphatic carboxylic acids is 1. The van der Waals surface area contributed by atoms with Crippen molar-refractivity contribution in [3.8, 4) is 0 Å². The fourth-order valence-electron chi connectivity index (χ4n) is 2.05. The lowest BCUT2D eigenvalue weighted by molar-refractivity contribution is -0.141. The molecule has 2 N–H and O–H groups in total. The Morgan fingerprint density at radius 2 is 2.16 bits per heavy atom. The van der Waals surface area contributed by atoms with Crippen molar-refractivity contribution in [1.29, 1.82) is 0 Å². The molecule has 0 aliphatic heterocycles. The highest BCUT2D eigenvalue weighted by atomic mass is 19.4. The lowest BCUT2D eigenvalue weighted by Crippen LogP contribution is -2.47. The maximum Gasteiger partial charge on any atom is 0.433 e. The van der Waals surface area contributed by atoms with Crippen LogP contribution in [0.4, 0.5) is 19.1 Å². The molecule has 19 heavy (non-hydrogen) atoms. The van der Waals surface area contributed by atoms with Crippen LogP contribution < -0.4 is 5.32 Å². The van der Waals surface area contributed by atoms with Crippen LogP contribution in [0.2, 0.25) is 0 Å². The summed E-state index contributed by atoms with van der Waals surface area (Å²) in [6.45, 7) is 0. The lowest BCUT2D eigenvalue weighted by Gasteiger charge is -2.41. The topological polar surface area (TPSA) is 75.1 Å². The van der Waals surface area contributed by atoms with Gasteiger partial charge in [0.1, 0.15) is 5.69 Å². The SMILES string of the molecule is O=C(O)CC1(Nc2nccc(C(F)(F)F)n2)CCC1. The highest BCUT2D eigenvalue weighted by Crippen LogP contribution is 2.38. The van der Waals surface area contributed by atoms with E-state index in [0.717, 1.165) is 18.7 Å². The van der Waals surface area contributed by atoms with Crippen molar-refractivity contribution in [3.63, 3.8) is 0 Å². The van der Waals surface area contributed by atoms with Crippen LogP contribution in [0.25, 0.3) is 0 Å². The van der Waals surface area contributed by atoms with Gasteiger partial charge in [0, 0.05) is 6.20 Å². The third-order valence-corrected chi connectivity index (χ3v) is 3.12. The number of alkyl halides is 3. The fourth-order valence-corrected chi connectivity index (χ4v) is 2.05. The first-order valence-corrected chi connectivity index (χ1v) is 5.71. The summed E-state index contributed by atoms with van der Waals surface area (Å²) in [5.41, 5.74) is -1.77. The second-order valence-corrected chi connectivity index (χ2v) is 4.59. The molecule has 2 rings (SSSR count). The number of carboxylic acids is 1. The zero-order chi connectivity index (χ0) is 14.1. The molecule has 104 valence electrons. The summed E-state index contributed by atoms with van der Waals surface area (Å²) in [5.74, 6) is -1.19. The number of hydrogen-bond acceptors (Lipinski definition) is 4. The van der Waals surface area contributed by atoms with E-state index in [1.54, 1.807) is 0 Å². The largest absolute Gasteiger partial charge is 0.481 e. The van der Waals surface area contributed by atoms with E-state index in [0.29, 0.717) is 12.8 Å². The molecule has 0 amide bonds. The molecule has 0 aromatic carbocycles. The van der Waals surface area contributed by atoms with Gasteiger partial charge in [0.05, 0.1) is 12.0 Å². The Morgan fingerprint density at radius 1 is 1.47 bits per heavy atom. The second kappa shape index (κ2) is 4.67. The molecule has 0 bridgehead atoms. The summed E-state index contributed by atoms with van der Waals surface area (Å²) in [7, 11) is 0. The van der Waals surface area contributed by atoms with Gasteiger partial charge >= 0.3 is 12.1 Å². The van der Waals surface area contributed by atoms with Crippen molar-refractivity contribution >= 4 is 11.9 Å². The minimum atomic E-state index is -4.54. The van der Waals surface area contributed by atoms with Crippen LogP contribution in [0.5, 0.6) is 0 Å². The normalized spacial score (nSPS) is 17.6. The predicted octanol–water partition coefficient (Wildman–Crippen LogP) is 2.30. The van der Waals surface area contributed by atoms with Gasteiger partial charge in [-0.1, -0.05) is 0 Å². The number of nitrogens with one attached hydrogen (secondary N) is 1. The van der Waals surface area contributed by atoms with E-state index in [4.69, 9.17) is 5.11 Å². The Hall–Kier alpha value is -1.86. The summed E-state index contributed by atoms with van der Waals surface area (Å²) in [6, 6.07) is 0.774. The lowest BCUT2D eigenvalue weighted by atomic mass is 9.74. The molecular weight excluding hydrogens is 263 g/mol. The van der Waals surface area contributed by atoms with Gasteiger partial charge in [-0.15, -0.1) is 0 Å². The Labute approximate surface area is 106 Å². The number of anilines is 1. The van der Waals surface area contributed by atoms with E-state index in [1.165, 1.54) is 0 Å². The molecule has 1 aromatic rings. The maximum atomic E-state index is 12.5. The molecule has 0 unspecified atom stereocenters. The molecule has 0 saturated heterocycles. The molecule has 1 aromatic heterocycles. The quantitative estimate of drug-likeness (QED) is 0.881. The van der Waals surface area contributed by atoms with Crippen LogP contribution in [0.15, 0.2) is 12.3 Å². The number of rotatable bonds is 4. The van der Waals surface area contributed by atoms with Gasteiger partial charge in [0.2, 0.25) is 5.95 Å². The van der Waals surface area contributed by atoms with Gasteiger partial charge in [-0.3, -0.25) is 4.79 Å². The van der Waals surface area contributed by atoms with Crippen molar-refractivity contribution in [2.75, 3.05) is 5.32 Å². The van der Waals surface area contributed by atoms with Crippen molar-refractivity contribution in [2.45, 2.75) is 37.4 Å². The van der Waals surface area contributed by atoms with Crippen molar-refractivity contribution in [2.24, 2.45) is 0 Å². The van der Waals surface area contributed by atoms with Gasteiger partial charge in [-0.2, -0.15) is 13.2 Å². The van der Waals surface area contributed by atoms with Crippen LogP contribution in [0, 0.1) is 0 Å². The van der Waals surface area contributed by atoms with E-state index >= 15 is 0 Å². The Kier molecular flexibility index (Phi) is 3.34. The van der Waals surface area contributed by atoms with Crippen molar-refractivity contribution in [3.05, 3.63) is 18.0 Å². The van der Waals surface area contributed by atoms with Crippen LogP contribution >= 0.6 is 0 Å². The Morgan fingerprint density at radius 3 is 2.63 bits per heavy atom. The maximum absolute atomic E-state index is 12.5. The number of aromatic nitrogens is 2. The van der Waals surface area contributed by atoms with E-state index in [2.05, 4.69) is 15.3 Å². The predicted molar refractivity (Wildman–Crippen MR) is 59.5 cm³/mol. The highest BCUT2D eigenvalue weighted by Gasteiger charge is 2.40. The third-order valence-electron chi connectivity index (χ3n) is 3.12. The van der Waals surface area contributed by atoms with Crippen molar-refractivity contribution < 1.29 is 23.1 Å². The average Bonchev–Trinajstić information content (AvgIpc) is 2.24.